The van der Waals surface area contributed by atoms with Crippen LogP contribution in [0.4, 0.5) is 34.1 Å². The van der Waals surface area contributed by atoms with Crippen molar-refractivity contribution in [2.24, 2.45) is 0 Å². The van der Waals surface area contributed by atoms with E-state index < -0.39 is 0 Å². The van der Waals surface area contributed by atoms with Gasteiger partial charge in [-0.1, -0.05) is 98.1 Å². The molecule has 6 aromatic carbocycles. The van der Waals surface area contributed by atoms with Crippen molar-refractivity contribution in [3.8, 4) is 45.5 Å². The molecule has 0 unspecified atom stereocenters. The van der Waals surface area contributed by atoms with E-state index in [-0.39, 0.29) is 0 Å². The molecule has 0 aliphatic rings. The largest absolute Gasteiger partial charge is 0.310 e. The standard InChI is InChI=1S/C52H36N6/c1-37(33-53)39-13-21-47(22-14-39)57(51-11-3-7-43(31-51)45-9-5-29-55-35-45)49-25-17-41(18-26-49)42-19-27-50(28-20-42)58(48-23-15-40(16-24-48)38(2)34-54)52-12-4-8-44(32-52)46-10-6-30-56-36-46/h3-32,35-36H,1-2H2. The van der Waals surface area contributed by atoms with Crippen LogP contribution in [0.2, 0.25) is 0 Å². The van der Waals surface area contributed by atoms with E-state index in [1.54, 1.807) is 12.4 Å². The van der Waals surface area contributed by atoms with Crippen molar-refractivity contribution in [2.75, 3.05) is 9.80 Å². The Morgan fingerprint density at radius 3 is 1.05 bits per heavy atom. The Labute approximate surface area is 338 Å². The van der Waals surface area contributed by atoms with Crippen LogP contribution in [0, 0.1) is 22.7 Å². The smallest absolute Gasteiger partial charge is 0.0991 e. The van der Waals surface area contributed by atoms with Crippen molar-refractivity contribution in [3.63, 3.8) is 0 Å². The highest BCUT2D eigenvalue weighted by Crippen LogP contribution is 2.40. The highest BCUT2D eigenvalue weighted by molar-refractivity contribution is 5.85. The van der Waals surface area contributed by atoms with Crippen LogP contribution >= 0.6 is 0 Å². The van der Waals surface area contributed by atoms with Crippen molar-refractivity contribution >= 4 is 45.3 Å². The number of hydrogen-bond acceptors (Lipinski definition) is 6. The molecule has 0 atom stereocenters. The fourth-order valence-electron chi connectivity index (χ4n) is 6.97. The van der Waals surface area contributed by atoms with Crippen LogP contribution in [0.15, 0.2) is 208 Å². The first-order chi connectivity index (χ1) is 28.5. The molecule has 8 rings (SSSR count). The van der Waals surface area contributed by atoms with Crippen LogP contribution in [0.5, 0.6) is 0 Å². The average molecular weight is 745 g/mol. The van der Waals surface area contributed by atoms with Crippen LogP contribution in [-0.2, 0) is 0 Å². The highest BCUT2D eigenvalue weighted by atomic mass is 15.1. The number of benzene rings is 6. The van der Waals surface area contributed by atoms with Crippen LogP contribution in [-0.4, -0.2) is 9.97 Å². The summed E-state index contributed by atoms with van der Waals surface area (Å²) in [5.41, 5.74) is 14.6. The highest BCUT2D eigenvalue weighted by Gasteiger charge is 2.17. The maximum Gasteiger partial charge on any atom is 0.0991 e. The van der Waals surface area contributed by atoms with Gasteiger partial charge < -0.3 is 9.80 Å². The second-order valence-electron chi connectivity index (χ2n) is 13.6. The molecule has 0 N–H and O–H groups in total. The van der Waals surface area contributed by atoms with E-state index in [1.807, 2.05) is 73.1 Å². The average Bonchev–Trinajstić information content (AvgIpc) is 3.30. The van der Waals surface area contributed by atoms with E-state index in [9.17, 15) is 10.5 Å². The first kappa shape index (κ1) is 36.6. The van der Waals surface area contributed by atoms with E-state index >= 15 is 0 Å². The lowest BCUT2D eigenvalue weighted by atomic mass is 10.0. The van der Waals surface area contributed by atoms with Crippen LogP contribution < -0.4 is 9.80 Å². The van der Waals surface area contributed by atoms with Gasteiger partial charge in [0, 0.05) is 70.0 Å². The molecule has 0 spiro atoms. The fraction of sp³-hybridized carbons (Fsp3) is 0. The minimum absolute atomic E-state index is 0.424. The molecule has 2 aromatic heterocycles. The molecule has 0 saturated heterocycles. The van der Waals surface area contributed by atoms with Crippen molar-refractivity contribution in [1.82, 2.24) is 9.97 Å². The van der Waals surface area contributed by atoms with Gasteiger partial charge in [0.2, 0.25) is 0 Å². The number of hydrogen-bond donors (Lipinski definition) is 0. The zero-order valence-corrected chi connectivity index (χ0v) is 31.6. The third-order valence-corrected chi connectivity index (χ3v) is 10.0. The summed E-state index contributed by atoms with van der Waals surface area (Å²) in [5.74, 6) is 0. The lowest BCUT2D eigenvalue weighted by molar-refractivity contribution is 1.27. The van der Waals surface area contributed by atoms with E-state index in [2.05, 4.69) is 154 Å². The lowest BCUT2D eigenvalue weighted by Gasteiger charge is -2.27. The Hall–Kier alpha value is -8.32. The second kappa shape index (κ2) is 16.6. The third-order valence-electron chi connectivity index (χ3n) is 10.0. The molecule has 274 valence electrons. The first-order valence-corrected chi connectivity index (χ1v) is 18.7. The Bertz CT molecular complexity index is 2600. The Kier molecular flexibility index (Phi) is 10.5. The molecule has 8 aromatic rings. The first-order valence-electron chi connectivity index (χ1n) is 18.7. The molecule has 0 fully saturated rings. The van der Waals surface area contributed by atoms with Crippen LogP contribution in [0.1, 0.15) is 11.1 Å². The number of pyridine rings is 2. The zero-order chi connectivity index (χ0) is 39.8. The van der Waals surface area contributed by atoms with Gasteiger partial charge in [-0.2, -0.15) is 10.5 Å². The molecular weight excluding hydrogens is 709 g/mol. The summed E-state index contributed by atoms with van der Waals surface area (Å²) in [5, 5.41) is 18.9. The van der Waals surface area contributed by atoms with Crippen molar-refractivity contribution in [2.45, 2.75) is 0 Å². The SMILES string of the molecule is C=C(C#N)c1ccc(N(c2ccc(-c3ccc(N(c4ccc(C(=C)C#N)cc4)c4cccc(-c5cccnc5)c4)cc3)cc2)c2cccc(-c3cccnc3)c2)cc1. The van der Waals surface area contributed by atoms with Crippen molar-refractivity contribution in [1.29, 1.82) is 10.5 Å². The van der Waals surface area contributed by atoms with E-state index in [1.165, 1.54) is 0 Å². The molecule has 0 radical (unpaired) electrons. The molecule has 0 bridgehead atoms. The molecular formula is C52H36N6. The number of nitrogens with zero attached hydrogens (tertiary/aromatic N) is 6. The summed E-state index contributed by atoms with van der Waals surface area (Å²) < 4.78 is 0. The predicted octanol–water partition coefficient (Wildman–Crippen LogP) is 13.5. The summed E-state index contributed by atoms with van der Waals surface area (Å²) in [6, 6.07) is 62.0. The minimum Gasteiger partial charge on any atom is -0.310 e. The molecule has 0 aliphatic heterocycles. The molecule has 0 aliphatic carbocycles. The predicted molar refractivity (Wildman–Crippen MR) is 237 cm³/mol. The molecule has 0 amide bonds. The number of nitriles is 2. The minimum atomic E-state index is 0.424. The van der Waals surface area contributed by atoms with Gasteiger partial charge in [0.25, 0.3) is 0 Å². The number of rotatable bonds is 11. The van der Waals surface area contributed by atoms with E-state index in [4.69, 9.17) is 0 Å². The van der Waals surface area contributed by atoms with E-state index in [0.29, 0.717) is 11.1 Å². The van der Waals surface area contributed by atoms with Crippen LogP contribution in [0.3, 0.4) is 0 Å². The van der Waals surface area contributed by atoms with Gasteiger partial charge in [0.05, 0.1) is 23.3 Å². The summed E-state index contributed by atoms with van der Waals surface area (Å²) >= 11 is 0. The summed E-state index contributed by atoms with van der Waals surface area (Å²) in [6.45, 7) is 7.78. The Morgan fingerprint density at radius 1 is 0.379 bits per heavy atom. The number of allylic oxidation sites excluding steroid dienone is 2. The van der Waals surface area contributed by atoms with Gasteiger partial charge in [0.1, 0.15) is 0 Å². The molecule has 6 heteroatoms. The van der Waals surface area contributed by atoms with E-state index in [0.717, 1.165) is 78.6 Å². The van der Waals surface area contributed by atoms with Gasteiger partial charge in [-0.25, -0.2) is 0 Å². The van der Waals surface area contributed by atoms with Crippen molar-refractivity contribution in [3.05, 3.63) is 219 Å². The van der Waals surface area contributed by atoms with Crippen LogP contribution in [0.25, 0.3) is 44.5 Å². The quantitative estimate of drug-likeness (QED) is 0.123. The summed E-state index contributed by atoms with van der Waals surface area (Å²) in [6.07, 6.45) is 7.29. The monoisotopic (exact) mass is 744 g/mol. The topological polar surface area (TPSA) is 79.8 Å². The lowest BCUT2D eigenvalue weighted by Crippen LogP contribution is -2.10. The Morgan fingerprint density at radius 2 is 0.724 bits per heavy atom. The number of anilines is 6. The fourth-order valence-corrected chi connectivity index (χ4v) is 6.97. The second-order valence-corrected chi connectivity index (χ2v) is 13.6. The van der Waals surface area contributed by atoms with Gasteiger partial charge in [-0.3, -0.25) is 9.97 Å². The zero-order valence-electron chi connectivity index (χ0n) is 31.6. The Balaban J connectivity index is 1.13. The van der Waals surface area contributed by atoms with Gasteiger partial charge in [-0.15, -0.1) is 0 Å². The number of aromatic nitrogens is 2. The maximum atomic E-state index is 9.43. The normalized spacial score (nSPS) is 10.5. The molecule has 58 heavy (non-hydrogen) atoms. The molecule has 0 saturated carbocycles. The molecule has 2 heterocycles. The maximum absolute atomic E-state index is 9.43. The summed E-state index contributed by atoms with van der Waals surface area (Å²) in [7, 11) is 0. The molecule has 6 nitrogen and oxygen atoms in total. The van der Waals surface area contributed by atoms with Crippen molar-refractivity contribution < 1.29 is 0 Å². The summed E-state index contributed by atoms with van der Waals surface area (Å²) in [4.78, 5) is 13.1. The van der Waals surface area contributed by atoms with Gasteiger partial charge >= 0.3 is 0 Å². The van der Waals surface area contributed by atoms with Gasteiger partial charge in [-0.05, 0) is 118 Å². The third kappa shape index (κ3) is 7.76. The van der Waals surface area contributed by atoms with Gasteiger partial charge in [0.15, 0.2) is 0 Å².